The molecule has 25 heavy (non-hydrogen) atoms. The van der Waals surface area contributed by atoms with Gasteiger partial charge in [-0.1, -0.05) is 0 Å². The highest BCUT2D eigenvalue weighted by Gasteiger charge is 2.24. The number of nitriles is 1. The van der Waals surface area contributed by atoms with Gasteiger partial charge in [0.15, 0.2) is 0 Å². The van der Waals surface area contributed by atoms with Gasteiger partial charge in [0.05, 0.1) is 21.9 Å². The second kappa shape index (κ2) is 5.79. The maximum atomic E-state index is 12.9. The molecule has 0 radical (unpaired) electrons. The van der Waals surface area contributed by atoms with Crippen LogP contribution in [-0.2, 0) is 22.9 Å². The van der Waals surface area contributed by atoms with Crippen molar-refractivity contribution in [3.63, 3.8) is 0 Å². The Kier molecular flexibility index (Phi) is 3.71. The van der Waals surface area contributed by atoms with Crippen LogP contribution in [-0.4, -0.2) is 17.4 Å². The second-order valence-electron chi connectivity index (χ2n) is 5.88. The number of hydrogen-bond acceptors (Lipinski definition) is 6. The fourth-order valence-corrected chi connectivity index (χ4v) is 5.52. The molecule has 0 spiro atoms. The van der Waals surface area contributed by atoms with Crippen LogP contribution in [0, 0.1) is 11.3 Å². The van der Waals surface area contributed by atoms with E-state index in [1.54, 1.807) is 0 Å². The molecular weight excluding hydrogens is 358 g/mol. The van der Waals surface area contributed by atoms with Crippen LogP contribution >= 0.6 is 11.3 Å². The molecule has 0 atom stereocenters. The molecule has 0 aliphatic heterocycles. The molecule has 3 aromatic rings. The van der Waals surface area contributed by atoms with Crippen LogP contribution in [0.1, 0.15) is 28.8 Å². The first kappa shape index (κ1) is 16.0. The summed E-state index contributed by atoms with van der Waals surface area (Å²) in [4.78, 5) is 18.8. The molecule has 0 fully saturated rings. The standard InChI is InChI=1S/C17H13N3O3S2/c18-9-11-5-7-12(8-6-11)25(22,23)20-10-19-16-15(17(20)21)13-3-1-2-4-14(13)24-16/h5-8,10H,1-4H2. The summed E-state index contributed by atoms with van der Waals surface area (Å²) in [5.41, 5.74) is 0.758. The van der Waals surface area contributed by atoms with Crippen LogP contribution in [0.15, 0.2) is 40.3 Å². The van der Waals surface area contributed by atoms with Gasteiger partial charge in [0.25, 0.3) is 15.6 Å². The molecule has 0 unspecified atom stereocenters. The molecule has 0 N–H and O–H groups in total. The summed E-state index contributed by atoms with van der Waals surface area (Å²) in [6, 6.07) is 7.42. The lowest BCUT2D eigenvalue weighted by Crippen LogP contribution is -2.28. The van der Waals surface area contributed by atoms with E-state index in [0.29, 0.717) is 19.8 Å². The van der Waals surface area contributed by atoms with Gasteiger partial charge < -0.3 is 0 Å². The Labute approximate surface area is 148 Å². The predicted octanol–water partition coefficient (Wildman–Crippen LogP) is 2.45. The number of thiophene rings is 1. The zero-order chi connectivity index (χ0) is 17.6. The predicted molar refractivity (Wildman–Crippen MR) is 94.3 cm³/mol. The maximum absolute atomic E-state index is 12.9. The molecule has 1 aliphatic rings. The number of aromatic nitrogens is 2. The van der Waals surface area contributed by atoms with E-state index in [2.05, 4.69) is 4.98 Å². The average molecular weight is 371 g/mol. The minimum absolute atomic E-state index is 0.0427. The summed E-state index contributed by atoms with van der Waals surface area (Å²) < 4.78 is 26.4. The van der Waals surface area contributed by atoms with Gasteiger partial charge in [0, 0.05) is 4.88 Å². The van der Waals surface area contributed by atoms with E-state index < -0.39 is 15.6 Å². The molecule has 6 nitrogen and oxygen atoms in total. The van der Waals surface area contributed by atoms with Crippen molar-refractivity contribution >= 4 is 31.6 Å². The van der Waals surface area contributed by atoms with Crippen LogP contribution < -0.4 is 5.56 Å². The SMILES string of the molecule is N#Cc1ccc(S(=O)(=O)n2cnc3sc4c(c3c2=O)CCCC4)cc1. The first-order valence-electron chi connectivity index (χ1n) is 7.80. The molecule has 0 amide bonds. The molecule has 1 aromatic carbocycles. The Balaban J connectivity index is 1.93. The summed E-state index contributed by atoms with van der Waals surface area (Å²) in [6.07, 6.45) is 4.86. The lowest BCUT2D eigenvalue weighted by molar-refractivity contribution is 0.585. The number of benzene rings is 1. The van der Waals surface area contributed by atoms with E-state index in [1.165, 1.54) is 35.6 Å². The molecule has 1 aliphatic carbocycles. The number of aryl methyl sites for hydroxylation is 2. The molecular formula is C17H13N3O3S2. The highest BCUT2D eigenvalue weighted by Crippen LogP contribution is 2.33. The van der Waals surface area contributed by atoms with E-state index in [9.17, 15) is 13.2 Å². The van der Waals surface area contributed by atoms with Crippen molar-refractivity contribution < 1.29 is 8.42 Å². The normalized spacial score (nSPS) is 14.2. The van der Waals surface area contributed by atoms with Gasteiger partial charge in [-0.3, -0.25) is 4.79 Å². The lowest BCUT2D eigenvalue weighted by Gasteiger charge is -2.11. The van der Waals surface area contributed by atoms with E-state index in [1.807, 2.05) is 6.07 Å². The number of rotatable bonds is 2. The molecule has 2 heterocycles. The first-order chi connectivity index (χ1) is 12.0. The Bertz CT molecular complexity index is 1180. The number of nitrogens with zero attached hydrogens (tertiary/aromatic N) is 3. The monoisotopic (exact) mass is 371 g/mol. The average Bonchev–Trinajstić information content (AvgIpc) is 3.01. The highest BCUT2D eigenvalue weighted by atomic mass is 32.2. The van der Waals surface area contributed by atoms with Crippen molar-refractivity contribution in [2.24, 2.45) is 0 Å². The molecule has 8 heteroatoms. The molecule has 0 saturated carbocycles. The number of fused-ring (bicyclic) bond motifs is 3. The van der Waals surface area contributed by atoms with E-state index in [4.69, 9.17) is 5.26 Å². The zero-order valence-electron chi connectivity index (χ0n) is 13.1. The van der Waals surface area contributed by atoms with Gasteiger partial charge in [0.1, 0.15) is 11.2 Å². The smallest absolute Gasteiger partial charge is 0.267 e. The topological polar surface area (TPSA) is 92.8 Å². The fourth-order valence-electron chi connectivity index (χ4n) is 3.12. The van der Waals surface area contributed by atoms with Crippen molar-refractivity contribution in [2.75, 3.05) is 0 Å². The third-order valence-corrected chi connectivity index (χ3v) is 7.23. The fraction of sp³-hybridized carbons (Fsp3) is 0.235. The van der Waals surface area contributed by atoms with Gasteiger partial charge in [-0.2, -0.15) is 9.23 Å². The van der Waals surface area contributed by atoms with Gasteiger partial charge >= 0.3 is 0 Å². The third-order valence-electron chi connectivity index (χ3n) is 4.39. The summed E-state index contributed by atoms with van der Waals surface area (Å²) in [6.45, 7) is 0. The van der Waals surface area contributed by atoms with Crippen molar-refractivity contribution in [2.45, 2.75) is 30.6 Å². The minimum Gasteiger partial charge on any atom is -0.267 e. The van der Waals surface area contributed by atoms with Crippen LogP contribution in [0.5, 0.6) is 0 Å². The maximum Gasteiger partial charge on any atom is 0.276 e. The van der Waals surface area contributed by atoms with Crippen molar-refractivity contribution in [1.82, 2.24) is 8.96 Å². The summed E-state index contributed by atoms with van der Waals surface area (Å²) in [7, 11) is -4.05. The molecule has 0 bridgehead atoms. The Morgan fingerprint density at radius 2 is 1.88 bits per heavy atom. The summed E-state index contributed by atoms with van der Waals surface area (Å²) >= 11 is 1.48. The first-order valence-corrected chi connectivity index (χ1v) is 10.1. The van der Waals surface area contributed by atoms with Crippen molar-refractivity contribution in [3.05, 3.63) is 57.0 Å². The van der Waals surface area contributed by atoms with Crippen LogP contribution in [0.4, 0.5) is 0 Å². The minimum atomic E-state index is -4.05. The Morgan fingerprint density at radius 3 is 2.60 bits per heavy atom. The third kappa shape index (κ3) is 2.47. The van der Waals surface area contributed by atoms with Gasteiger partial charge in [-0.25, -0.2) is 13.4 Å². The highest BCUT2D eigenvalue weighted by molar-refractivity contribution is 7.90. The second-order valence-corrected chi connectivity index (χ2v) is 8.78. The number of hydrogen-bond donors (Lipinski definition) is 0. The largest absolute Gasteiger partial charge is 0.276 e. The van der Waals surface area contributed by atoms with E-state index in [0.717, 1.165) is 42.5 Å². The van der Waals surface area contributed by atoms with Gasteiger partial charge in [-0.15, -0.1) is 11.3 Å². The van der Waals surface area contributed by atoms with E-state index in [-0.39, 0.29) is 4.90 Å². The molecule has 2 aromatic heterocycles. The van der Waals surface area contributed by atoms with E-state index >= 15 is 0 Å². The summed E-state index contributed by atoms with van der Waals surface area (Å²) in [5.74, 6) is 0. The van der Waals surface area contributed by atoms with Crippen molar-refractivity contribution in [1.29, 1.82) is 5.26 Å². The van der Waals surface area contributed by atoms with Crippen LogP contribution in [0.3, 0.4) is 0 Å². The van der Waals surface area contributed by atoms with Gasteiger partial charge in [-0.05, 0) is 55.5 Å². The Hall–Kier alpha value is -2.50. The van der Waals surface area contributed by atoms with Gasteiger partial charge in [0.2, 0.25) is 0 Å². The molecule has 126 valence electrons. The molecule has 4 rings (SSSR count). The lowest BCUT2D eigenvalue weighted by atomic mass is 9.97. The molecule has 0 saturated heterocycles. The van der Waals surface area contributed by atoms with Crippen LogP contribution in [0.2, 0.25) is 0 Å². The zero-order valence-corrected chi connectivity index (χ0v) is 14.7. The summed E-state index contributed by atoms with van der Waals surface area (Å²) in [5, 5.41) is 9.27. The quantitative estimate of drug-likeness (QED) is 0.690. The van der Waals surface area contributed by atoms with Crippen molar-refractivity contribution in [3.8, 4) is 6.07 Å². The Morgan fingerprint density at radius 1 is 1.16 bits per heavy atom. The van der Waals surface area contributed by atoms with Crippen LogP contribution in [0.25, 0.3) is 10.2 Å².